The maximum atomic E-state index is 12.8. The van der Waals surface area contributed by atoms with Gasteiger partial charge in [-0.25, -0.2) is 9.59 Å². The Kier molecular flexibility index (Phi) is 4.60. The number of esters is 2. The van der Waals surface area contributed by atoms with E-state index in [9.17, 15) is 9.59 Å². The van der Waals surface area contributed by atoms with Crippen molar-refractivity contribution in [1.82, 2.24) is 4.90 Å². The molecule has 3 aromatic rings. The number of ether oxygens (including phenoxy) is 2. The molecule has 3 aromatic carbocycles. The standard InChI is InChI=1S/C25H21NO4/c1-26-20-18-14-8-9-15-19(18)21(26)23(30-25(28)17-12-6-3-7-13-17)22(20)29-24(27)16-10-4-2-5-11-16/h2-15,20-23H,1H3. The number of benzene rings is 3. The summed E-state index contributed by atoms with van der Waals surface area (Å²) in [7, 11) is 1.98. The van der Waals surface area contributed by atoms with Gasteiger partial charge in [0.1, 0.15) is 0 Å². The fourth-order valence-corrected chi connectivity index (χ4v) is 4.63. The molecule has 0 aromatic heterocycles. The lowest BCUT2D eigenvalue weighted by atomic mass is 9.87. The van der Waals surface area contributed by atoms with E-state index in [1.165, 1.54) is 0 Å². The number of hydrogen-bond acceptors (Lipinski definition) is 5. The van der Waals surface area contributed by atoms with Gasteiger partial charge in [0, 0.05) is 0 Å². The van der Waals surface area contributed by atoms with Crippen LogP contribution in [0.2, 0.25) is 0 Å². The van der Waals surface area contributed by atoms with Crippen LogP contribution in [0.4, 0.5) is 0 Å². The van der Waals surface area contributed by atoms with E-state index in [-0.39, 0.29) is 12.1 Å². The van der Waals surface area contributed by atoms with Gasteiger partial charge in [-0.3, -0.25) is 4.90 Å². The van der Waals surface area contributed by atoms with Crippen LogP contribution in [0.3, 0.4) is 0 Å². The van der Waals surface area contributed by atoms with Crippen LogP contribution in [0.25, 0.3) is 0 Å². The maximum absolute atomic E-state index is 12.8. The summed E-state index contributed by atoms with van der Waals surface area (Å²) in [6.07, 6.45) is -1.18. The van der Waals surface area contributed by atoms with Crippen molar-refractivity contribution in [3.8, 4) is 0 Å². The molecule has 1 saturated heterocycles. The first kappa shape index (κ1) is 18.6. The summed E-state index contributed by atoms with van der Waals surface area (Å²) in [6, 6.07) is 25.5. The highest BCUT2D eigenvalue weighted by atomic mass is 16.6. The van der Waals surface area contributed by atoms with Crippen molar-refractivity contribution in [3.63, 3.8) is 0 Å². The molecule has 2 bridgehead atoms. The molecule has 1 fully saturated rings. The number of carbonyl (C=O) groups is 2. The van der Waals surface area contributed by atoms with Crippen molar-refractivity contribution >= 4 is 11.9 Å². The van der Waals surface area contributed by atoms with Gasteiger partial charge in [-0.15, -0.1) is 0 Å². The Labute approximate surface area is 174 Å². The van der Waals surface area contributed by atoms with Gasteiger partial charge in [0.2, 0.25) is 0 Å². The van der Waals surface area contributed by atoms with Crippen LogP contribution in [0.5, 0.6) is 0 Å². The molecule has 0 radical (unpaired) electrons. The highest BCUT2D eigenvalue weighted by Gasteiger charge is 2.58. The Morgan fingerprint density at radius 3 is 1.40 bits per heavy atom. The smallest absolute Gasteiger partial charge is 0.338 e. The third kappa shape index (κ3) is 2.99. The predicted octanol–water partition coefficient (Wildman–Crippen LogP) is 4.18. The summed E-state index contributed by atoms with van der Waals surface area (Å²) in [5.74, 6) is -0.834. The van der Waals surface area contributed by atoms with Gasteiger partial charge in [0.15, 0.2) is 12.2 Å². The van der Waals surface area contributed by atoms with Gasteiger partial charge in [-0.05, 0) is 42.4 Å². The molecular formula is C25H21NO4. The van der Waals surface area contributed by atoms with Crippen LogP contribution in [0.15, 0.2) is 84.9 Å². The molecule has 30 heavy (non-hydrogen) atoms. The first-order valence-corrected chi connectivity index (χ1v) is 9.98. The molecule has 5 nitrogen and oxygen atoms in total. The summed E-state index contributed by atoms with van der Waals surface area (Å²) in [4.78, 5) is 27.8. The molecule has 0 aliphatic carbocycles. The van der Waals surface area contributed by atoms with Crippen molar-refractivity contribution in [3.05, 3.63) is 107 Å². The van der Waals surface area contributed by atoms with Crippen LogP contribution in [0, 0.1) is 0 Å². The van der Waals surface area contributed by atoms with Crippen LogP contribution in [-0.2, 0) is 9.47 Å². The summed E-state index contributed by atoms with van der Waals surface area (Å²) in [5.41, 5.74) is 3.18. The van der Waals surface area contributed by atoms with E-state index in [4.69, 9.17) is 9.47 Å². The SMILES string of the molecule is CN1C2c3ccccc3C1C(OC(=O)c1ccccc1)C2OC(=O)c1ccccc1. The van der Waals surface area contributed by atoms with Gasteiger partial charge in [0.05, 0.1) is 23.2 Å². The lowest BCUT2D eigenvalue weighted by molar-refractivity contribution is -0.0348. The number of nitrogens with zero attached hydrogens (tertiary/aromatic N) is 1. The summed E-state index contributed by atoms with van der Waals surface area (Å²) in [6.45, 7) is 0. The van der Waals surface area contributed by atoms with E-state index in [0.717, 1.165) is 11.1 Å². The summed E-state index contributed by atoms with van der Waals surface area (Å²) >= 11 is 0. The molecule has 0 amide bonds. The second-order valence-electron chi connectivity index (χ2n) is 7.66. The molecule has 4 unspecified atom stereocenters. The highest BCUT2D eigenvalue weighted by molar-refractivity contribution is 5.90. The molecule has 5 heteroatoms. The quantitative estimate of drug-likeness (QED) is 0.616. The Bertz CT molecular complexity index is 996. The zero-order valence-electron chi connectivity index (χ0n) is 16.5. The van der Waals surface area contributed by atoms with Crippen molar-refractivity contribution in [2.75, 3.05) is 7.05 Å². The minimum Gasteiger partial charge on any atom is -0.453 e. The van der Waals surface area contributed by atoms with Crippen LogP contribution < -0.4 is 0 Å². The molecule has 2 aliphatic rings. The molecule has 5 rings (SSSR count). The summed E-state index contributed by atoms with van der Waals surface area (Å²) in [5, 5.41) is 0. The Hall–Kier alpha value is -3.44. The van der Waals surface area contributed by atoms with Crippen molar-refractivity contribution in [2.24, 2.45) is 0 Å². The predicted molar refractivity (Wildman–Crippen MR) is 111 cm³/mol. The third-order valence-electron chi connectivity index (χ3n) is 5.96. The van der Waals surface area contributed by atoms with Gasteiger partial charge in [-0.1, -0.05) is 60.7 Å². The molecule has 0 saturated carbocycles. The highest BCUT2D eigenvalue weighted by Crippen LogP contribution is 2.54. The largest absolute Gasteiger partial charge is 0.453 e. The fourth-order valence-electron chi connectivity index (χ4n) is 4.63. The number of carbonyl (C=O) groups excluding carboxylic acids is 2. The monoisotopic (exact) mass is 399 g/mol. The minimum atomic E-state index is -0.588. The fraction of sp³-hybridized carbons (Fsp3) is 0.200. The summed E-state index contributed by atoms with van der Waals surface area (Å²) < 4.78 is 11.9. The van der Waals surface area contributed by atoms with Crippen LogP contribution in [-0.4, -0.2) is 36.1 Å². The zero-order valence-corrected chi connectivity index (χ0v) is 16.5. The molecule has 2 heterocycles. The Balaban J connectivity index is 1.48. The third-order valence-corrected chi connectivity index (χ3v) is 5.96. The minimum absolute atomic E-state index is 0.160. The van der Waals surface area contributed by atoms with Crippen LogP contribution >= 0.6 is 0 Å². The number of likely N-dealkylation sites (N-methyl/N-ethyl adjacent to an activating group) is 1. The van der Waals surface area contributed by atoms with Gasteiger partial charge in [0.25, 0.3) is 0 Å². The molecule has 0 N–H and O–H groups in total. The van der Waals surface area contributed by atoms with E-state index in [0.29, 0.717) is 11.1 Å². The van der Waals surface area contributed by atoms with E-state index in [1.54, 1.807) is 48.5 Å². The van der Waals surface area contributed by atoms with Gasteiger partial charge >= 0.3 is 11.9 Å². The molecule has 4 atom stereocenters. The maximum Gasteiger partial charge on any atom is 0.338 e. The van der Waals surface area contributed by atoms with E-state index in [2.05, 4.69) is 17.0 Å². The first-order chi connectivity index (χ1) is 14.6. The van der Waals surface area contributed by atoms with E-state index < -0.39 is 24.1 Å². The average Bonchev–Trinajstić information content (AvgIpc) is 3.22. The molecular weight excluding hydrogens is 378 g/mol. The lowest BCUT2D eigenvalue weighted by Gasteiger charge is -2.30. The first-order valence-electron chi connectivity index (χ1n) is 9.98. The van der Waals surface area contributed by atoms with Crippen molar-refractivity contribution in [2.45, 2.75) is 24.3 Å². The number of hydrogen-bond donors (Lipinski definition) is 0. The topological polar surface area (TPSA) is 55.8 Å². The average molecular weight is 399 g/mol. The van der Waals surface area contributed by atoms with E-state index >= 15 is 0 Å². The molecule has 2 aliphatic heterocycles. The molecule has 150 valence electrons. The van der Waals surface area contributed by atoms with Crippen molar-refractivity contribution in [1.29, 1.82) is 0 Å². The van der Waals surface area contributed by atoms with Gasteiger partial charge < -0.3 is 9.47 Å². The normalized spacial score (nSPS) is 24.3. The second-order valence-corrected chi connectivity index (χ2v) is 7.66. The Morgan fingerprint density at radius 1 is 0.633 bits per heavy atom. The Morgan fingerprint density at radius 2 is 1.00 bits per heavy atom. The van der Waals surface area contributed by atoms with Crippen LogP contribution in [0.1, 0.15) is 43.9 Å². The zero-order chi connectivity index (χ0) is 20.7. The number of fused-ring (bicyclic) bond motifs is 5. The van der Waals surface area contributed by atoms with Crippen molar-refractivity contribution < 1.29 is 19.1 Å². The lowest BCUT2D eigenvalue weighted by Crippen LogP contribution is -2.39. The number of rotatable bonds is 4. The van der Waals surface area contributed by atoms with E-state index in [1.807, 2.05) is 31.3 Å². The second kappa shape index (κ2) is 7.43. The van der Waals surface area contributed by atoms with Gasteiger partial charge in [-0.2, -0.15) is 0 Å². The molecule has 0 spiro atoms.